The lowest BCUT2D eigenvalue weighted by Gasteiger charge is -2.39. The Balaban J connectivity index is 1.78. The lowest BCUT2D eigenvalue weighted by molar-refractivity contribution is -0.125. The van der Waals surface area contributed by atoms with E-state index in [4.69, 9.17) is 11.6 Å². The minimum Gasteiger partial charge on any atom is -0.310 e. The minimum atomic E-state index is -0.590. The van der Waals surface area contributed by atoms with Crippen molar-refractivity contribution in [2.45, 2.75) is 26.4 Å². The number of hydrogen-bond acceptors (Lipinski definition) is 2. The van der Waals surface area contributed by atoms with E-state index in [-0.39, 0.29) is 18.0 Å². The van der Waals surface area contributed by atoms with E-state index in [0.717, 1.165) is 11.3 Å². The SMILES string of the molecule is Cc1ccc(N2CCN(Cc3c(F)cccc3F)[C@H](C)C2=O)cc1Cl. The maximum atomic E-state index is 13.9. The van der Waals surface area contributed by atoms with Crippen LogP contribution in [-0.2, 0) is 11.3 Å². The zero-order valence-corrected chi connectivity index (χ0v) is 14.9. The number of benzene rings is 2. The number of carbonyl (C=O) groups excluding carboxylic acids is 1. The molecule has 0 spiro atoms. The summed E-state index contributed by atoms with van der Waals surface area (Å²) in [6.45, 7) is 4.68. The van der Waals surface area contributed by atoms with Gasteiger partial charge in [-0.1, -0.05) is 23.7 Å². The van der Waals surface area contributed by atoms with Crippen LogP contribution in [0.2, 0.25) is 5.02 Å². The Morgan fingerprint density at radius 3 is 2.48 bits per heavy atom. The molecule has 0 N–H and O–H groups in total. The summed E-state index contributed by atoms with van der Waals surface area (Å²) in [5, 5.41) is 0.605. The molecule has 2 aromatic rings. The highest BCUT2D eigenvalue weighted by Crippen LogP contribution is 2.27. The minimum absolute atomic E-state index is 0.00557. The summed E-state index contributed by atoms with van der Waals surface area (Å²) in [7, 11) is 0. The number of rotatable bonds is 3. The number of aryl methyl sites for hydroxylation is 1. The van der Waals surface area contributed by atoms with Crippen LogP contribution in [0, 0.1) is 18.6 Å². The monoisotopic (exact) mass is 364 g/mol. The number of nitrogens with zero attached hydrogens (tertiary/aromatic N) is 2. The summed E-state index contributed by atoms with van der Waals surface area (Å²) in [5.74, 6) is -1.29. The Bertz CT molecular complexity index is 792. The van der Waals surface area contributed by atoms with Gasteiger partial charge in [0.15, 0.2) is 0 Å². The standard InChI is InChI=1S/C19H19ClF2N2O/c1-12-6-7-14(10-16(12)20)24-9-8-23(13(2)19(24)25)11-15-17(21)4-3-5-18(15)22/h3-7,10,13H,8-9,11H2,1-2H3/t13-/m1/s1. The summed E-state index contributed by atoms with van der Waals surface area (Å²) in [5.41, 5.74) is 1.68. The maximum absolute atomic E-state index is 13.9. The van der Waals surface area contributed by atoms with Gasteiger partial charge in [-0.3, -0.25) is 9.69 Å². The molecule has 0 bridgehead atoms. The number of anilines is 1. The van der Waals surface area contributed by atoms with Gasteiger partial charge in [0.25, 0.3) is 0 Å². The molecule has 0 aromatic heterocycles. The van der Waals surface area contributed by atoms with Gasteiger partial charge < -0.3 is 4.90 Å². The second kappa shape index (κ2) is 7.10. The number of halogens is 3. The molecule has 2 aromatic carbocycles. The van der Waals surface area contributed by atoms with Crippen molar-refractivity contribution in [2.75, 3.05) is 18.0 Å². The highest BCUT2D eigenvalue weighted by Gasteiger charge is 2.33. The average molecular weight is 365 g/mol. The zero-order valence-electron chi connectivity index (χ0n) is 14.1. The summed E-state index contributed by atoms with van der Waals surface area (Å²) in [4.78, 5) is 16.2. The molecule has 132 valence electrons. The van der Waals surface area contributed by atoms with Gasteiger partial charge in [0, 0.05) is 35.9 Å². The highest BCUT2D eigenvalue weighted by molar-refractivity contribution is 6.31. The summed E-state index contributed by atoms with van der Waals surface area (Å²) >= 11 is 6.16. The zero-order chi connectivity index (χ0) is 18.1. The van der Waals surface area contributed by atoms with Crippen LogP contribution >= 0.6 is 11.6 Å². The smallest absolute Gasteiger partial charge is 0.244 e. The molecule has 3 rings (SSSR count). The lowest BCUT2D eigenvalue weighted by atomic mass is 10.1. The fourth-order valence-electron chi connectivity index (χ4n) is 3.02. The average Bonchev–Trinajstić information content (AvgIpc) is 2.58. The Labute approximate surface area is 150 Å². The third kappa shape index (κ3) is 3.53. The van der Waals surface area contributed by atoms with Gasteiger partial charge in [-0.2, -0.15) is 0 Å². The fourth-order valence-corrected chi connectivity index (χ4v) is 3.20. The molecule has 1 aliphatic rings. The van der Waals surface area contributed by atoms with E-state index < -0.39 is 17.7 Å². The van der Waals surface area contributed by atoms with Crippen molar-refractivity contribution in [2.24, 2.45) is 0 Å². The van der Waals surface area contributed by atoms with Crippen LogP contribution in [0.3, 0.4) is 0 Å². The number of piperazine rings is 1. The van der Waals surface area contributed by atoms with Crippen molar-refractivity contribution in [3.05, 3.63) is 64.2 Å². The number of hydrogen-bond donors (Lipinski definition) is 0. The molecular weight excluding hydrogens is 346 g/mol. The van der Waals surface area contributed by atoms with E-state index in [1.807, 2.05) is 19.1 Å². The molecule has 0 saturated carbocycles. The van der Waals surface area contributed by atoms with E-state index >= 15 is 0 Å². The van der Waals surface area contributed by atoms with Gasteiger partial charge in [0.2, 0.25) is 5.91 Å². The molecule has 6 heteroatoms. The molecule has 1 amide bonds. The van der Waals surface area contributed by atoms with Gasteiger partial charge in [0.05, 0.1) is 6.04 Å². The van der Waals surface area contributed by atoms with Crippen molar-refractivity contribution in [3.63, 3.8) is 0 Å². The van der Waals surface area contributed by atoms with Crippen LogP contribution in [0.5, 0.6) is 0 Å². The molecule has 1 heterocycles. The van der Waals surface area contributed by atoms with E-state index in [9.17, 15) is 13.6 Å². The summed E-state index contributed by atoms with van der Waals surface area (Å²) in [6, 6.07) is 8.82. The molecule has 1 saturated heterocycles. The molecule has 1 fully saturated rings. The molecule has 3 nitrogen and oxygen atoms in total. The van der Waals surface area contributed by atoms with Gasteiger partial charge in [0.1, 0.15) is 11.6 Å². The molecule has 1 aliphatic heterocycles. The Kier molecular flexibility index (Phi) is 5.06. The Hall–Kier alpha value is -1.98. The normalized spacial score (nSPS) is 18.7. The predicted molar refractivity (Wildman–Crippen MR) is 94.8 cm³/mol. The number of carbonyl (C=O) groups is 1. The molecule has 0 radical (unpaired) electrons. The van der Waals surface area contributed by atoms with Gasteiger partial charge in [-0.25, -0.2) is 8.78 Å². The van der Waals surface area contributed by atoms with Crippen LogP contribution in [0.15, 0.2) is 36.4 Å². The lowest BCUT2D eigenvalue weighted by Crippen LogP contribution is -2.55. The third-order valence-electron chi connectivity index (χ3n) is 4.67. The van der Waals surface area contributed by atoms with Crippen LogP contribution in [-0.4, -0.2) is 29.9 Å². The largest absolute Gasteiger partial charge is 0.310 e. The van der Waals surface area contributed by atoms with E-state index in [2.05, 4.69) is 0 Å². The second-order valence-corrected chi connectivity index (χ2v) is 6.68. The first kappa shape index (κ1) is 17.8. The summed E-state index contributed by atoms with van der Waals surface area (Å²) < 4.78 is 27.8. The van der Waals surface area contributed by atoms with Crippen molar-refractivity contribution >= 4 is 23.2 Å². The maximum Gasteiger partial charge on any atom is 0.244 e. The van der Waals surface area contributed by atoms with Gasteiger partial charge >= 0.3 is 0 Å². The van der Waals surface area contributed by atoms with Crippen molar-refractivity contribution in [1.29, 1.82) is 0 Å². The molecular formula is C19H19ClF2N2O. The van der Waals surface area contributed by atoms with Crippen LogP contribution in [0.25, 0.3) is 0 Å². The molecule has 0 aliphatic carbocycles. The first-order chi connectivity index (χ1) is 11.9. The number of amides is 1. The van der Waals surface area contributed by atoms with Crippen LogP contribution in [0.1, 0.15) is 18.1 Å². The Morgan fingerprint density at radius 1 is 1.16 bits per heavy atom. The Morgan fingerprint density at radius 2 is 1.84 bits per heavy atom. The second-order valence-electron chi connectivity index (χ2n) is 6.27. The van der Waals surface area contributed by atoms with Crippen molar-refractivity contribution in [3.8, 4) is 0 Å². The van der Waals surface area contributed by atoms with E-state index in [1.165, 1.54) is 18.2 Å². The first-order valence-corrected chi connectivity index (χ1v) is 8.50. The molecule has 25 heavy (non-hydrogen) atoms. The van der Waals surface area contributed by atoms with Crippen LogP contribution < -0.4 is 4.90 Å². The van der Waals surface area contributed by atoms with E-state index in [0.29, 0.717) is 18.1 Å². The van der Waals surface area contributed by atoms with Crippen molar-refractivity contribution in [1.82, 2.24) is 4.90 Å². The first-order valence-electron chi connectivity index (χ1n) is 8.13. The van der Waals surface area contributed by atoms with Gasteiger partial charge in [-0.05, 0) is 43.7 Å². The molecule has 1 atom stereocenters. The third-order valence-corrected chi connectivity index (χ3v) is 5.08. The predicted octanol–water partition coefficient (Wildman–Crippen LogP) is 4.16. The quantitative estimate of drug-likeness (QED) is 0.816. The summed E-state index contributed by atoms with van der Waals surface area (Å²) in [6.07, 6.45) is 0. The van der Waals surface area contributed by atoms with Gasteiger partial charge in [-0.15, -0.1) is 0 Å². The van der Waals surface area contributed by atoms with Crippen LogP contribution in [0.4, 0.5) is 14.5 Å². The van der Waals surface area contributed by atoms with E-state index in [1.54, 1.807) is 22.8 Å². The van der Waals surface area contributed by atoms with Crippen molar-refractivity contribution < 1.29 is 13.6 Å². The fraction of sp³-hybridized carbons (Fsp3) is 0.316. The highest BCUT2D eigenvalue weighted by atomic mass is 35.5. The topological polar surface area (TPSA) is 23.6 Å². The molecule has 0 unspecified atom stereocenters.